The van der Waals surface area contributed by atoms with Gasteiger partial charge in [-0.25, -0.2) is 4.68 Å². The Balaban J connectivity index is 1.47. The number of likely N-dealkylation sites (tertiary alicyclic amines) is 1. The molecule has 3 heterocycles. The lowest BCUT2D eigenvalue weighted by Gasteiger charge is -2.44. The van der Waals surface area contributed by atoms with Crippen LogP contribution in [0.3, 0.4) is 0 Å². The van der Waals surface area contributed by atoms with Crippen molar-refractivity contribution >= 4 is 5.91 Å². The van der Waals surface area contributed by atoms with E-state index in [1.165, 1.54) is 25.7 Å². The lowest BCUT2D eigenvalue weighted by Crippen LogP contribution is -2.49. The molecule has 0 radical (unpaired) electrons. The fourth-order valence-electron chi connectivity index (χ4n) is 5.33. The van der Waals surface area contributed by atoms with Gasteiger partial charge >= 0.3 is 0 Å². The van der Waals surface area contributed by atoms with Crippen molar-refractivity contribution in [1.29, 1.82) is 0 Å². The highest BCUT2D eigenvalue weighted by Gasteiger charge is 2.36. The van der Waals surface area contributed by atoms with Gasteiger partial charge in [-0.15, -0.1) is 10.2 Å². The fraction of sp³-hybridized carbons (Fsp3) is 0.520. The smallest absolute Gasteiger partial charge is 0.268 e. The van der Waals surface area contributed by atoms with Gasteiger partial charge in [0.15, 0.2) is 0 Å². The fourth-order valence-corrected chi connectivity index (χ4v) is 5.33. The normalized spacial score (nSPS) is 21.1. The van der Waals surface area contributed by atoms with Crippen LogP contribution in [-0.4, -0.2) is 43.4 Å². The third kappa shape index (κ3) is 3.85. The summed E-state index contributed by atoms with van der Waals surface area (Å²) < 4.78 is 7.48. The van der Waals surface area contributed by atoms with Crippen molar-refractivity contribution in [2.75, 3.05) is 6.54 Å². The number of rotatable bonds is 4. The average Bonchev–Trinajstić information content (AvgIpc) is 3.45. The van der Waals surface area contributed by atoms with E-state index in [0.29, 0.717) is 29.4 Å². The molecule has 1 saturated heterocycles. The molecule has 1 aliphatic carbocycles. The van der Waals surface area contributed by atoms with Crippen LogP contribution in [0.25, 0.3) is 17.3 Å². The van der Waals surface area contributed by atoms with Gasteiger partial charge in [-0.3, -0.25) is 4.79 Å². The van der Waals surface area contributed by atoms with Crippen molar-refractivity contribution in [1.82, 2.24) is 24.9 Å². The lowest BCUT2D eigenvalue weighted by molar-refractivity contribution is 0.0390. The molecule has 0 N–H and O–H groups in total. The van der Waals surface area contributed by atoms with Crippen LogP contribution in [0.15, 0.2) is 34.7 Å². The minimum atomic E-state index is 0.148. The number of amides is 1. The molecule has 1 amide bonds. The van der Waals surface area contributed by atoms with E-state index in [-0.39, 0.29) is 11.8 Å². The summed E-state index contributed by atoms with van der Waals surface area (Å²) in [6.07, 6.45) is 7.30. The van der Waals surface area contributed by atoms with Crippen molar-refractivity contribution in [3.8, 4) is 17.3 Å². The van der Waals surface area contributed by atoms with Crippen molar-refractivity contribution in [2.24, 2.45) is 5.92 Å². The zero-order valence-electron chi connectivity index (χ0n) is 19.1. The molecule has 0 bridgehead atoms. The number of benzene rings is 1. The Labute approximate surface area is 188 Å². The van der Waals surface area contributed by atoms with Crippen LogP contribution >= 0.6 is 0 Å². The van der Waals surface area contributed by atoms with E-state index in [4.69, 9.17) is 9.52 Å². The number of fused-ring (bicyclic) bond motifs is 1. The summed E-state index contributed by atoms with van der Waals surface area (Å²) in [5.74, 6) is 1.98. The summed E-state index contributed by atoms with van der Waals surface area (Å²) in [5.41, 5.74) is 3.28. The van der Waals surface area contributed by atoms with Crippen LogP contribution in [0.4, 0.5) is 0 Å². The summed E-state index contributed by atoms with van der Waals surface area (Å²) in [6.45, 7) is 6.89. The second-order valence-corrected chi connectivity index (χ2v) is 9.45. The second-order valence-electron chi connectivity index (χ2n) is 9.45. The highest BCUT2D eigenvalue weighted by Crippen LogP contribution is 2.36. The monoisotopic (exact) mass is 433 g/mol. The predicted octanol–water partition coefficient (Wildman–Crippen LogP) is 5.15. The summed E-state index contributed by atoms with van der Waals surface area (Å²) in [4.78, 5) is 15.7. The molecule has 1 aliphatic heterocycles. The SMILES string of the molecule is Cc1nnc(-c2cc(C(C)C)n(-c3cccc(C(=O)N4CCC[C@H]5CCCC[C@H]54)c3)n2)o1. The first-order chi connectivity index (χ1) is 15.5. The Kier molecular flexibility index (Phi) is 5.57. The highest BCUT2D eigenvalue weighted by molar-refractivity contribution is 5.95. The van der Waals surface area contributed by atoms with Gasteiger partial charge in [-0.2, -0.15) is 5.10 Å². The first-order valence-corrected chi connectivity index (χ1v) is 11.8. The van der Waals surface area contributed by atoms with Gasteiger partial charge in [0.05, 0.1) is 5.69 Å². The molecule has 0 spiro atoms. The molecular weight excluding hydrogens is 402 g/mol. The molecule has 1 aromatic carbocycles. The maximum Gasteiger partial charge on any atom is 0.268 e. The van der Waals surface area contributed by atoms with Gasteiger partial charge in [0.1, 0.15) is 5.69 Å². The van der Waals surface area contributed by atoms with Crippen LogP contribution in [0.1, 0.15) is 80.2 Å². The van der Waals surface area contributed by atoms with E-state index in [1.54, 1.807) is 6.92 Å². The Hall–Kier alpha value is -2.96. The maximum absolute atomic E-state index is 13.5. The molecule has 168 valence electrons. The number of hydrogen-bond donors (Lipinski definition) is 0. The van der Waals surface area contributed by atoms with Crippen molar-refractivity contribution in [3.05, 3.63) is 47.5 Å². The Morgan fingerprint density at radius 2 is 1.91 bits per heavy atom. The molecule has 1 saturated carbocycles. The van der Waals surface area contributed by atoms with E-state index in [1.807, 2.05) is 35.0 Å². The standard InChI is InChI=1S/C25H31N5O2/c1-16(2)23-15-21(24-27-26-17(3)32-24)28-30(23)20-11-6-9-19(14-20)25(31)29-13-7-10-18-8-4-5-12-22(18)29/h6,9,11,14-16,18,22H,4-5,7-8,10,12-13H2,1-3H3/t18-,22-/m1/s1. The average molecular weight is 434 g/mol. The number of carbonyl (C=O) groups is 1. The third-order valence-corrected chi connectivity index (χ3v) is 6.92. The summed E-state index contributed by atoms with van der Waals surface area (Å²) in [7, 11) is 0. The van der Waals surface area contributed by atoms with Crippen LogP contribution in [0, 0.1) is 12.8 Å². The highest BCUT2D eigenvalue weighted by atomic mass is 16.4. The summed E-state index contributed by atoms with van der Waals surface area (Å²) in [6, 6.07) is 10.2. The Morgan fingerprint density at radius 3 is 2.69 bits per heavy atom. The largest absolute Gasteiger partial charge is 0.420 e. The Morgan fingerprint density at radius 1 is 1.09 bits per heavy atom. The minimum absolute atomic E-state index is 0.148. The quantitative estimate of drug-likeness (QED) is 0.569. The van der Waals surface area contributed by atoms with Gasteiger partial charge in [0, 0.05) is 30.8 Å². The molecule has 2 atom stereocenters. The number of nitrogens with zero attached hydrogens (tertiary/aromatic N) is 5. The molecule has 7 nitrogen and oxygen atoms in total. The third-order valence-electron chi connectivity index (χ3n) is 6.92. The van der Waals surface area contributed by atoms with Gasteiger partial charge < -0.3 is 9.32 Å². The predicted molar refractivity (Wildman–Crippen MR) is 122 cm³/mol. The van der Waals surface area contributed by atoms with Gasteiger partial charge in [-0.1, -0.05) is 32.8 Å². The van der Waals surface area contributed by atoms with E-state index in [0.717, 1.165) is 36.3 Å². The number of aromatic nitrogens is 4. The molecule has 7 heteroatoms. The van der Waals surface area contributed by atoms with Gasteiger partial charge in [0.25, 0.3) is 11.8 Å². The van der Waals surface area contributed by atoms with Crippen molar-refractivity contribution in [2.45, 2.75) is 71.3 Å². The van der Waals surface area contributed by atoms with E-state index in [9.17, 15) is 4.79 Å². The molecule has 2 aliphatic rings. The van der Waals surface area contributed by atoms with Crippen LogP contribution in [0.5, 0.6) is 0 Å². The molecule has 2 fully saturated rings. The summed E-state index contributed by atoms with van der Waals surface area (Å²) >= 11 is 0. The van der Waals surface area contributed by atoms with Crippen LogP contribution < -0.4 is 0 Å². The first kappa shape index (κ1) is 20.9. The van der Waals surface area contributed by atoms with E-state index in [2.05, 4.69) is 28.9 Å². The Bertz CT molecular complexity index is 1110. The van der Waals surface area contributed by atoms with Gasteiger partial charge in [0.2, 0.25) is 5.89 Å². The molecule has 2 aromatic heterocycles. The maximum atomic E-state index is 13.5. The number of piperidine rings is 1. The topological polar surface area (TPSA) is 77.1 Å². The molecule has 3 aromatic rings. The zero-order chi connectivity index (χ0) is 22.2. The first-order valence-electron chi connectivity index (χ1n) is 11.8. The van der Waals surface area contributed by atoms with Crippen molar-refractivity contribution < 1.29 is 9.21 Å². The van der Waals surface area contributed by atoms with E-state index >= 15 is 0 Å². The van der Waals surface area contributed by atoms with Gasteiger partial charge in [-0.05, 0) is 61.8 Å². The second kappa shape index (κ2) is 8.52. The lowest BCUT2D eigenvalue weighted by atomic mass is 9.78. The number of aryl methyl sites for hydroxylation is 1. The van der Waals surface area contributed by atoms with E-state index < -0.39 is 0 Å². The molecular formula is C25H31N5O2. The zero-order valence-corrected chi connectivity index (χ0v) is 19.1. The van der Waals surface area contributed by atoms with Crippen LogP contribution in [0.2, 0.25) is 0 Å². The molecule has 32 heavy (non-hydrogen) atoms. The molecule has 5 rings (SSSR count). The number of hydrogen-bond acceptors (Lipinski definition) is 5. The molecule has 0 unspecified atom stereocenters. The summed E-state index contributed by atoms with van der Waals surface area (Å²) in [5, 5.41) is 12.8. The minimum Gasteiger partial charge on any atom is -0.420 e. The van der Waals surface area contributed by atoms with Crippen molar-refractivity contribution in [3.63, 3.8) is 0 Å². The van der Waals surface area contributed by atoms with Crippen LogP contribution in [-0.2, 0) is 0 Å². The number of carbonyl (C=O) groups excluding carboxylic acids is 1.